The number of halogens is 1. The Hall–Kier alpha value is -1.68. The second kappa shape index (κ2) is 3.72. The molecule has 3 rings (SSSR count). The fourth-order valence-electron chi connectivity index (χ4n) is 1.61. The molecule has 0 aliphatic carbocycles. The first-order chi connectivity index (χ1) is 7.84. The maximum Gasteiger partial charge on any atom is 0.154 e. The van der Waals surface area contributed by atoms with Gasteiger partial charge in [0.2, 0.25) is 0 Å². The molecule has 0 atom stereocenters. The monoisotopic (exact) mass is 273 g/mol. The van der Waals surface area contributed by atoms with Gasteiger partial charge in [-0.15, -0.1) is 0 Å². The van der Waals surface area contributed by atoms with E-state index in [0.717, 1.165) is 21.5 Å². The van der Waals surface area contributed by atoms with Crippen LogP contribution in [-0.2, 0) is 0 Å². The minimum Gasteiger partial charge on any atom is -0.234 e. The van der Waals surface area contributed by atoms with Crippen molar-refractivity contribution in [2.45, 2.75) is 0 Å². The van der Waals surface area contributed by atoms with E-state index in [0.29, 0.717) is 0 Å². The molecular weight excluding hydrogens is 266 g/mol. The highest BCUT2D eigenvalue weighted by molar-refractivity contribution is 9.10. The number of hydrogen-bond donors (Lipinski definition) is 0. The van der Waals surface area contributed by atoms with Gasteiger partial charge in [-0.1, -0.05) is 30.3 Å². The van der Waals surface area contributed by atoms with Crippen LogP contribution in [0.3, 0.4) is 0 Å². The van der Waals surface area contributed by atoms with Crippen molar-refractivity contribution in [1.82, 2.24) is 14.6 Å². The second-order valence-electron chi connectivity index (χ2n) is 3.44. The third-order valence-corrected chi connectivity index (χ3v) is 2.93. The molecule has 3 aromatic rings. The first-order valence-corrected chi connectivity index (χ1v) is 5.69. The molecule has 0 aliphatic rings. The van der Waals surface area contributed by atoms with E-state index < -0.39 is 0 Å². The van der Waals surface area contributed by atoms with Crippen molar-refractivity contribution in [3.05, 3.63) is 53.3 Å². The molecule has 0 aliphatic heterocycles. The fraction of sp³-hybridized carbons (Fsp3) is 0. The van der Waals surface area contributed by atoms with E-state index >= 15 is 0 Å². The summed E-state index contributed by atoms with van der Waals surface area (Å²) in [5, 5.41) is 4.51. The summed E-state index contributed by atoms with van der Waals surface area (Å²) in [7, 11) is 0. The number of imidazole rings is 1. The highest BCUT2D eigenvalue weighted by Gasteiger charge is 2.04. The van der Waals surface area contributed by atoms with Crippen molar-refractivity contribution in [2.75, 3.05) is 0 Å². The summed E-state index contributed by atoms with van der Waals surface area (Å²) in [5.41, 5.74) is 2.88. The van der Waals surface area contributed by atoms with Crippen LogP contribution in [0.15, 0.2) is 53.3 Å². The largest absolute Gasteiger partial charge is 0.234 e. The van der Waals surface area contributed by atoms with E-state index in [9.17, 15) is 0 Å². The van der Waals surface area contributed by atoms with Gasteiger partial charge in [0.15, 0.2) is 5.65 Å². The second-order valence-corrected chi connectivity index (χ2v) is 4.25. The molecule has 1 aromatic carbocycles. The van der Waals surface area contributed by atoms with Crippen molar-refractivity contribution >= 4 is 21.6 Å². The van der Waals surface area contributed by atoms with Gasteiger partial charge in [0.05, 0.1) is 11.9 Å². The van der Waals surface area contributed by atoms with Gasteiger partial charge in [0, 0.05) is 5.56 Å². The third kappa shape index (κ3) is 1.51. The molecule has 2 aromatic heterocycles. The maximum absolute atomic E-state index is 4.51. The van der Waals surface area contributed by atoms with Gasteiger partial charge in [0.1, 0.15) is 4.60 Å². The topological polar surface area (TPSA) is 30.2 Å². The van der Waals surface area contributed by atoms with Gasteiger partial charge in [-0.2, -0.15) is 5.10 Å². The number of rotatable bonds is 1. The smallest absolute Gasteiger partial charge is 0.154 e. The minimum atomic E-state index is 0.839. The summed E-state index contributed by atoms with van der Waals surface area (Å²) in [6.07, 6.45) is 1.75. The van der Waals surface area contributed by atoms with Crippen LogP contribution in [0, 0.1) is 0 Å². The average molecular weight is 274 g/mol. The van der Waals surface area contributed by atoms with Crippen LogP contribution in [-0.4, -0.2) is 14.6 Å². The Morgan fingerprint density at radius 1 is 1.00 bits per heavy atom. The lowest BCUT2D eigenvalue weighted by molar-refractivity contribution is 0.922. The quantitative estimate of drug-likeness (QED) is 0.682. The van der Waals surface area contributed by atoms with Crippen LogP contribution in [0.25, 0.3) is 16.9 Å². The van der Waals surface area contributed by atoms with Gasteiger partial charge in [-0.05, 0) is 28.1 Å². The Bertz CT molecular complexity index is 631. The highest BCUT2D eigenvalue weighted by Crippen LogP contribution is 2.18. The van der Waals surface area contributed by atoms with Crippen LogP contribution in [0.2, 0.25) is 0 Å². The highest BCUT2D eigenvalue weighted by atomic mass is 79.9. The van der Waals surface area contributed by atoms with Gasteiger partial charge in [-0.3, -0.25) is 0 Å². The molecule has 0 N–H and O–H groups in total. The molecular formula is C12H8BrN3. The molecule has 0 bridgehead atoms. The van der Waals surface area contributed by atoms with Gasteiger partial charge in [-0.25, -0.2) is 9.50 Å². The summed E-state index contributed by atoms with van der Waals surface area (Å²) in [4.78, 5) is 4.21. The Morgan fingerprint density at radius 3 is 2.62 bits per heavy atom. The molecule has 0 saturated carbocycles. The minimum absolute atomic E-state index is 0.839. The Balaban J connectivity index is 2.22. The van der Waals surface area contributed by atoms with Crippen LogP contribution in [0.4, 0.5) is 0 Å². The molecule has 0 radical (unpaired) electrons. The lowest BCUT2D eigenvalue weighted by atomic mass is 10.1. The lowest BCUT2D eigenvalue weighted by Gasteiger charge is -2.01. The zero-order valence-corrected chi connectivity index (χ0v) is 9.92. The van der Waals surface area contributed by atoms with E-state index in [-0.39, 0.29) is 0 Å². The number of fused-ring (bicyclic) bond motifs is 1. The first kappa shape index (κ1) is 9.54. The zero-order valence-electron chi connectivity index (χ0n) is 8.34. The predicted molar refractivity (Wildman–Crippen MR) is 66.1 cm³/mol. The molecule has 0 saturated heterocycles. The van der Waals surface area contributed by atoms with E-state index in [2.05, 4.69) is 26.0 Å². The first-order valence-electron chi connectivity index (χ1n) is 4.90. The summed E-state index contributed by atoms with van der Waals surface area (Å²) in [6, 6.07) is 14.0. The van der Waals surface area contributed by atoms with Crippen LogP contribution in [0.5, 0.6) is 0 Å². The third-order valence-electron chi connectivity index (χ3n) is 2.39. The molecule has 16 heavy (non-hydrogen) atoms. The summed E-state index contributed by atoms with van der Waals surface area (Å²) < 4.78 is 2.64. The molecule has 0 fully saturated rings. The fourth-order valence-corrected chi connectivity index (χ4v) is 1.97. The van der Waals surface area contributed by atoms with E-state index in [1.807, 2.05) is 42.5 Å². The van der Waals surface area contributed by atoms with Crippen molar-refractivity contribution in [3.8, 4) is 11.3 Å². The summed E-state index contributed by atoms with van der Waals surface area (Å²) in [5.74, 6) is 0. The van der Waals surface area contributed by atoms with Crippen LogP contribution in [0.1, 0.15) is 0 Å². The molecule has 0 unspecified atom stereocenters. The van der Waals surface area contributed by atoms with Crippen molar-refractivity contribution in [3.63, 3.8) is 0 Å². The van der Waals surface area contributed by atoms with E-state index in [1.54, 1.807) is 10.7 Å². The Labute approximate surface area is 101 Å². The number of nitrogens with zero attached hydrogens (tertiary/aromatic N) is 3. The number of hydrogen-bond acceptors (Lipinski definition) is 2. The molecule has 2 heterocycles. The molecule has 3 nitrogen and oxygen atoms in total. The lowest BCUT2D eigenvalue weighted by Crippen LogP contribution is -1.94. The molecule has 4 heteroatoms. The molecule has 0 spiro atoms. The predicted octanol–water partition coefficient (Wildman–Crippen LogP) is 3.16. The van der Waals surface area contributed by atoms with Crippen LogP contribution < -0.4 is 0 Å². The van der Waals surface area contributed by atoms with Gasteiger partial charge >= 0.3 is 0 Å². The Kier molecular flexibility index (Phi) is 2.22. The normalized spacial score (nSPS) is 10.8. The average Bonchev–Trinajstić information content (AvgIpc) is 2.72. The van der Waals surface area contributed by atoms with E-state index in [1.165, 1.54) is 0 Å². The zero-order chi connectivity index (χ0) is 11.0. The van der Waals surface area contributed by atoms with Crippen molar-refractivity contribution in [2.24, 2.45) is 0 Å². The number of aromatic nitrogens is 3. The molecule has 78 valence electrons. The SMILES string of the molecule is Brc1cnc2ccc(-c3ccccc3)nn12. The standard InChI is InChI=1S/C12H8BrN3/c13-11-8-14-12-7-6-10(15-16(11)12)9-4-2-1-3-5-9/h1-8H. The number of benzene rings is 1. The van der Waals surface area contributed by atoms with Crippen LogP contribution >= 0.6 is 15.9 Å². The van der Waals surface area contributed by atoms with Crippen molar-refractivity contribution in [1.29, 1.82) is 0 Å². The van der Waals surface area contributed by atoms with E-state index in [4.69, 9.17) is 0 Å². The van der Waals surface area contributed by atoms with Gasteiger partial charge < -0.3 is 0 Å². The summed E-state index contributed by atoms with van der Waals surface area (Å²) >= 11 is 3.41. The summed E-state index contributed by atoms with van der Waals surface area (Å²) in [6.45, 7) is 0. The van der Waals surface area contributed by atoms with Crippen molar-refractivity contribution < 1.29 is 0 Å². The Morgan fingerprint density at radius 2 is 1.81 bits per heavy atom. The van der Waals surface area contributed by atoms with Gasteiger partial charge in [0.25, 0.3) is 0 Å². The maximum atomic E-state index is 4.51. The molecule has 0 amide bonds.